The molecule has 0 radical (unpaired) electrons. The largest absolute Gasteiger partial charge is 0.497 e. The Labute approximate surface area is 150 Å². The first-order valence-electron chi connectivity index (χ1n) is 7.47. The second kappa shape index (κ2) is 8.58. The number of rotatable bonds is 7. The van der Waals surface area contributed by atoms with Gasteiger partial charge in [-0.15, -0.1) is 0 Å². The highest BCUT2D eigenvalue weighted by Gasteiger charge is 2.14. The molecule has 0 saturated carbocycles. The molecule has 25 heavy (non-hydrogen) atoms. The minimum absolute atomic E-state index is 0.0544. The van der Waals surface area contributed by atoms with E-state index in [1.807, 2.05) is 6.07 Å². The van der Waals surface area contributed by atoms with Gasteiger partial charge in [-0.3, -0.25) is 4.79 Å². The van der Waals surface area contributed by atoms with Gasteiger partial charge >= 0.3 is 0 Å². The van der Waals surface area contributed by atoms with Crippen molar-refractivity contribution < 1.29 is 23.4 Å². The SMILES string of the molecule is COc1ccc(CN(C)C(=O)COc2ccc(F)c(Cl)c2)c(OC)c1. The first-order chi connectivity index (χ1) is 11.9. The number of halogens is 2. The van der Waals surface area contributed by atoms with Crippen LogP contribution in [0, 0.1) is 5.82 Å². The fourth-order valence-electron chi connectivity index (χ4n) is 2.15. The van der Waals surface area contributed by atoms with E-state index in [-0.39, 0.29) is 17.5 Å². The molecular weight excluding hydrogens is 349 g/mol. The van der Waals surface area contributed by atoms with Gasteiger partial charge in [-0.25, -0.2) is 4.39 Å². The van der Waals surface area contributed by atoms with E-state index < -0.39 is 5.82 Å². The minimum Gasteiger partial charge on any atom is -0.497 e. The number of nitrogens with zero attached hydrogens (tertiary/aromatic N) is 1. The third kappa shape index (κ3) is 5.00. The molecule has 2 aromatic rings. The second-order valence-electron chi connectivity index (χ2n) is 5.29. The van der Waals surface area contributed by atoms with Crippen molar-refractivity contribution in [1.29, 1.82) is 0 Å². The number of methoxy groups -OCH3 is 2. The molecule has 0 unspecified atom stereocenters. The number of carbonyl (C=O) groups is 1. The normalized spacial score (nSPS) is 10.3. The standard InChI is InChI=1S/C18H19ClFNO4/c1-21(10-12-4-5-13(23-2)9-17(12)24-3)18(22)11-25-14-6-7-16(20)15(19)8-14/h4-9H,10-11H2,1-3H3. The highest BCUT2D eigenvalue weighted by atomic mass is 35.5. The van der Waals surface area contributed by atoms with Crippen LogP contribution in [-0.2, 0) is 11.3 Å². The first-order valence-corrected chi connectivity index (χ1v) is 7.85. The Kier molecular flexibility index (Phi) is 6.47. The zero-order chi connectivity index (χ0) is 18.4. The molecule has 0 atom stereocenters. The number of likely N-dealkylation sites (N-methyl/N-ethyl adjacent to an activating group) is 1. The summed E-state index contributed by atoms with van der Waals surface area (Å²) >= 11 is 5.68. The van der Waals surface area contributed by atoms with E-state index in [1.54, 1.807) is 33.4 Å². The number of hydrogen-bond donors (Lipinski definition) is 0. The monoisotopic (exact) mass is 367 g/mol. The minimum atomic E-state index is -0.538. The number of benzene rings is 2. The van der Waals surface area contributed by atoms with Crippen molar-refractivity contribution in [3.05, 3.63) is 52.8 Å². The smallest absolute Gasteiger partial charge is 0.260 e. The molecule has 5 nitrogen and oxygen atoms in total. The van der Waals surface area contributed by atoms with E-state index >= 15 is 0 Å². The number of ether oxygens (including phenoxy) is 3. The summed E-state index contributed by atoms with van der Waals surface area (Å²) in [5, 5.41) is -0.0544. The summed E-state index contributed by atoms with van der Waals surface area (Å²) < 4.78 is 28.9. The maximum absolute atomic E-state index is 13.1. The summed E-state index contributed by atoms with van der Waals surface area (Å²) in [4.78, 5) is 13.7. The third-order valence-electron chi connectivity index (χ3n) is 3.58. The van der Waals surface area contributed by atoms with Crippen molar-refractivity contribution in [2.24, 2.45) is 0 Å². The van der Waals surface area contributed by atoms with Crippen molar-refractivity contribution in [3.63, 3.8) is 0 Å². The molecule has 0 bridgehead atoms. The second-order valence-corrected chi connectivity index (χ2v) is 5.70. The lowest BCUT2D eigenvalue weighted by molar-refractivity contribution is -0.132. The molecule has 0 N–H and O–H groups in total. The van der Waals surface area contributed by atoms with Crippen LogP contribution in [-0.4, -0.2) is 38.7 Å². The summed E-state index contributed by atoms with van der Waals surface area (Å²) in [5.41, 5.74) is 0.837. The van der Waals surface area contributed by atoms with Crippen LogP contribution in [0.3, 0.4) is 0 Å². The van der Waals surface area contributed by atoms with Crippen LogP contribution in [0.25, 0.3) is 0 Å². The molecule has 0 heterocycles. The molecule has 0 spiro atoms. The summed E-state index contributed by atoms with van der Waals surface area (Å²) in [5.74, 6) is 0.855. The average Bonchev–Trinajstić information content (AvgIpc) is 2.62. The zero-order valence-corrected chi connectivity index (χ0v) is 15.0. The van der Waals surface area contributed by atoms with Gasteiger partial charge in [-0.1, -0.05) is 11.6 Å². The molecule has 134 valence electrons. The summed E-state index contributed by atoms with van der Waals surface area (Å²) in [6.45, 7) is 0.163. The lowest BCUT2D eigenvalue weighted by Crippen LogP contribution is -2.31. The van der Waals surface area contributed by atoms with Gasteiger partial charge < -0.3 is 19.1 Å². The molecule has 7 heteroatoms. The lowest BCUT2D eigenvalue weighted by atomic mass is 10.2. The van der Waals surface area contributed by atoms with Gasteiger partial charge in [0.15, 0.2) is 6.61 Å². The van der Waals surface area contributed by atoms with Crippen LogP contribution in [0.4, 0.5) is 4.39 Å². The molecule has 0 aliphatic carbocycles. The highest BCUT2D eigenvalue weighted by molar-refractivity contribution is 6.30. The number of hydrogen-bond acceptors (Lipinski definition) is 4. The van der Waals surface area contributed by atoms with Gasteiger partial charge in [0, 0.05) is 31.3 Å². The van der Waals surface area contributed by atoms with Gasteiger partial charge in [0.05, 0.1) is 19.2 Å². The van der Waals surface area contributed by atoms with Crippen molar-refractivity contribution in [2.45, 2.75) is 6.54 Å². The topological polar surface area (TPSA) is 48.0 Å². The fraction of sp³-hybridized carbons (Fsp3) is 0.278. The van der Waals surface area contributed by atoms with E-state index in [9.17, 15) is 9.18 Å². The molecule has 1 amide bonds. The Morgan fingerprint density at radius 1 is 1.12 bits per heavy atom. The molecular formula is C18H19ClFNO4. The predicted molar refractivity (Wildman–Crippen MR) is 92.9 cm³/mol. The molecule has 0 aliphatic rings. The van der Waals surface area contributed by atoms with Crippen LogP contribution in [0.2, 0.25) is 5.02 Å². The zero-order valence-electron chi connectivity index (χ0n) is 14.2. The molecule has 2 aromatic carbocycles. The Balaban J connectivity index is 1.97. The van der Waals surface area contributed by atoms with Gasteiger partial charge in [0.1, 0.15) is 23.1 Å². The average molecular weight is 368 g/mol. The van der Waals surface area contributed by atoms with Gasteiger partial charge in [-0.05, 0) is 24.3 Å². The van der Waals surface area contributed by atoms with Crippen molar-refractivity contribution in [2.75, 3.05) is 27.9 Å². The van der Waals surface area contributed by atoms with Crippen molar-refractivity contribution in [1.82, 2.24) is 4.90 Å². The van der Waals surface area contributed by atoms with E-state index in [1.165, 1.54) is 23.1 Å². The fourth-order valence-corrected chi connectivity index (χ4v) is 2.32. The number of amides is 1. The van der Waals surface area contributed by atoms with E-state index in [0.717, 1.165) is 5.56 Å². The Hall–Kier alpha value is -2.47. The van der Waals surface area contributed by atoms with Crippen molar-refractivity contribution in [3.8, 4) is 17.2 Å². The van der Waals surface area contributed by atoms with Gasteiger partial charge in [-0.2, -0.15) is 0 Å². The van der Waals surface area contributed by atoms with Crippen LogP contribution in [0.5, 0.6) is 17.2 Å². The maximum atomic E-state index is 13.1. The van der Waals surface area contributed by atoms with E-state index in [4.69, 9.17) is 25.8 Å². The highest BCUT2D eigenvalue weighted by Crippen LogP contribution is 2.25. The quantitative estimate of drug-likeness (QED) is 0.751. The van der Waals surface area contributed by atoms with Crippen molar-refractivity contribution >= 4 is 17.5 Å². The van der Waals surface area contributed by atoms with E-state index in [0.29, 0.717) is 23.8 Å². The number of carbonyl (C=O) groups excluding carboxylic acids is 1. The Bertz CT molecular complexity index is 754. The van der Waals surface area contributed by atoms with E-state index in [2.05, 4.69) is 0 Å². The Morgan fingerprint density at radius 3 is 2.48 bits per heavy atom. The lowest BCUT2D eigenvalue weighted by Gasteiger charge is -2.19. The molecule has 0 fully saturated rings. The molecule has 0 aromatic heterocycles. The predicted octanol–water partition coefficient (Wildman–Crippen LogP) is 3.53. The van der Waals surface area contributed by atoms with Gasteiger partial charge in [0.25, 0.3) is 5.91 Å². The summed E-state index contributed by atoms with van der Waals surface area (Å²) in [6.07, 6.45) is 0. The van der Waals surface area contributed by atoms with Crippen LogP contribution < -0.4 is 14.2 Å². The molecule has 0 saturated heterocycles. The summed E-state index contributed by atoms with van der Waals surface area (Å²) in [7, 11) is 4.79. The Morgan fingerprint density at radius 2 is 1.84 bits per heavy atom. The first kappa shape index (κ1) is 18.9. The van der Waals surface area contributed by atoms with Crippen LogP contribution in [0.1, 0.15) is 5.56 Å². The van der Waals surface area contributed by atoms with Crippen LogP contribution >= 0.6 is 11.6 Å². The third-order valence-corrected chi connectivity index (χ3v) is 3.87. The van der Waals surface area contributed by atoms with Gasteiger partial charge in [0.2, 0.25) is 0 Å². The summed E-state index contributed by atoms with van der Waals surface area (Å²) in [6, 6.07) is 9.33. The molecule has 0 aliphatic heterocycles. The van der Waals surface area contributed by atoms with Crippen LogP contribution in [0.15, 0.2) is 36.4 Å². The molecule has 2 rings (SSSR count). The maximum Gasteiger partial charge on any atom is 0.260 e.